The van der Waals surface area contributed by atoms with Gasteiger partial charge in [0.1, 0.15) is 11.6 Å². The number of ether oxygens (including phenoxy) is 1. The van der Waals surface area contributed by atoms with E-state index in [2.05, 4.69) is 31.9 Å². The van der Waals surface area contributed by atoms with Crippen molar-refractivity contribution in [2.24, 2.45) is 0 Å². The van der Waals surface area contributed by atoms with Crippen molar-refractivity contribution in [3.63, 3.8) is 0 Å². The lowest BCUT2D eigenvalue weighted by atomic mass is 10.0. The Morgan fingerprint density at radius 1 is 1.16 bits per heavy atom. The summed E-state index contributed by atoms with van der Waals surface area (Å²) in [5, 5.41) is -0.571. The lowest BCUT2D eigenvalue weighted by Gasteiger charge is -2.14. The molecular weight excluding hydrogens is 398 g/mol. The Labute approximate surface area is 133 Å². The lowest BCUT2D eigenvalue weighted by Crippen LogP contribution is -1.99. The summed E-state index contributed by atoms with van der Waals surface area (Å²) in [7, 11) is 1.59. The van der Waals surface area contributed by atoms with E-state index in [0.29, 0.717) is 15.8 Å². The molecular formula is C14H10Br2ClFO. The van der Waals surface area contributed by atoms with E-state index < -0.39 is 5.38 Å². The molecule has 2 aromatic rings. The minimum absolute atomic E-state index is 0.332. The normalized spacial score (nSPS) is 12.3. The van der Waals surface area contributed by atoms with E-state index in [4.69, 9.17) is 16.3 Å². The zero-order valence-electron chi connectivity index (χ0n) is 9.96. The average molecular weight is 408 g/mol. The molecule has 0 bridgehead atoms. The fourth-order valence-electron chi connectivity index (χ4n) is 1.76. The fraction of sp³-hybridized carbons (Fsp3) is 0.143. The number of benzene rings is 2. The van der Waals surface area contributed by atoms with Crippen molar-refractivity contribution < 1.29 is 9.13 Å². The van der Waals surface area contributed by atoms with Crippen molar-refractivity contribution in [3.05, 3.63) is 62.3 Å². The van der Waals surface area contributed by atoms with E-state index in [1.807, 2.05) is 12.1 Å². The van der Waals surface area contributed by atoms with E-state index in [1.165, 1.54) is 6.07 Å². The third kappa shape index (κ3) is 3.12. The van der Waals surface area contributed by atoms with Gasteiger partial charge in [-0.25, -0.2) is 4.39 Å². The molecule has 0 saturated carbocycles. The minimum Gasteiger partial charge on any atom is -0.496 e. The molecule has 1 nitrogen and oxygen atoms in total. The molecule has 0 radical (unpaired) electrons. The standard InChI is InChI=1S/C14H10Br2ClFO/c1-19-12-6-5-8(7-10(12)16)14(17)13-9(15)3-2-4-11(13)18/h2-7,14H,1H3. The van der Waals surface area contributed by atoms with Crippen molar-refractivity contribution in [3.8, 4) is 5.75 Å². The largest absolute Gasteiger partial charge is 0.496 e. The van der Waals surface area contributed by atoms with Gasteiger partial charge >= 0.3 is 0 Å². The molecule has 19 heavy (non-hydrogen) atoms. The Morgan fingerprint density at radius 2 is 1.89 bits per heavy atom. The van der Waals surface area contributed by atoms with E-state index >= 15 is 0 Å². The van der Waals surface area contributed by atoms with Crippen molar-refractivity contribution >= 4 is 43.5 Å². The molecule has 0 spiro atoms. The first kappa shape index (κ1) is 14.8. The molecule has 0 heterocycles. The van der Waals surface area contributed by atoms with Gasteiger partial charge in [0.2, 0.25) is 0 Å². The fourth-order valence-corrected chi connectivity index (χ4v) is 3.38. The molecule has 0 aromatic heterocycles. The second-order valence-corrected chi connectivity index (χ2v) is 6.04. The molecule has 2 rings (SSSR count). The number of methoxy groups -OCH3 is 1. The number of halogens is 4. The predicted octanol–water partition coefficient (Wildman–Crippen LogP) is 5.69. The van der Waals surface area contributed by atoms with Crippen LogP contribution in [-0.4, -0.2) is 7.11 Å². The average Bonchev–Trinajstić information content (AvgIpc) is 2.38. The quantitative estimate of drug-likeness (QED) is 0.593. The maximum atomic E-state index is 13.9. The van der Waals surface area contributed by atoms with Crippen molar-refractivity contribution in [2.75, 3.05) is 7.11 Å². The van der Waals surface area contributed by atoms with E-state index in [9.17, 15) is 4.39 Å². The smallest absolute Gasteiger partial charge is 0.133 e. The van der Waals surface area contributed by atoms with Gasteiger partial charge in [0.25, 0.3) is 0 Å². The van der Waals surface area contributed by atoms with Crippen LogP contribution in [0.2, 0.25) is 0 Å². The van der Waals surface area contributed by atoms with Crippen molar-refractivity contribution in [1.82, 2.24) is 0 Å². The summed E-state index contributed by atoms with van der Waals surface area (Å²) in [6.45, 7) is 0. The molecule has 2 aromatic carbocycles. The maximum Gasteiger partial charge on any atom is 0.133 e. The highest BCUT2D eigenvalue weighted by Crippen LogP contribution is 2.38. The van der Waals surface area contributed by atoms with Crippen molar-refractivity contribution in [1.29, 1.82) is 0 Å². The molecule has 1 unspecified atom stereocenters. The van der Waals surface area contributed by atoms with Gasteiger partial charge in [-0.05, 0) is 45.8 Å². The molecule has 0 amide bonds. The van der Waals surface area contributed by atoms with Crippen LogP contribution in [0.15, 0.2) is 45.3 Å². The lowest BCUT2D eigenvalue weighted by molar-refractivity contribution is 0.412. The highest BCUT2D eigenvalue weighted by atomic mass is 79.9. The third-order valence-electron chi connectivity index (χ3n) is 2.72. The topological polar surface area (TPSA) is 9.23 Å². The summed E-state index contributed by atoms with van der Waals surface area (Å²) < 4.78 is 20.5. The highest BCUT2D eigenvalue weighted by molar-refractivity contribution is 9.10. The SMILES string of the molecule is COc1ccc(C(Cl)c2c(F)cccc2Br)cc1Br. The van der Waals surface area contributed by atoms with Crippen LogP contribution in [0.3, 0.4) is 0 Å². The van der Waals surface area contributed by atoms with Gasteiger partial charge < -0.3 is 4.74 Å². The van der Waals surface area contributed by atoms with Crippen LogP contribution in [0.4, 0.5) is 4.39 Å². The third-order valence-corrected chi connectivity index (χ3v) is 4.50. The molecule has 0 N–H and O–H groups in total. The second-order valence-electron chi connectivity index (χ2n) is 3.89. The summed E-state index contributed by atoms with van der Waals surface area (Å²) in [6, 6.07) is 10.2. The van der Waals surface area contributed by atoms with Crippen LogP contribution in [0.1, 0.15) is 16.5 Å². The molecule has 0 aliphatic carbocycles. The Morgan fingerprint density at radius 3 is 2.47 bits per heavy atom. The molecule has 100 valence electrons. The first-order valence-electron chi connectivity index (χ1n) is 5.46. The van der Waals surface area contributed by atoms with Gasteiger partial charge in [-0.3, -0.25) is 0 Å². The van der Waals surface area contributed by atoms with Crippen LogP contribution in [0.25, 0.3) is 0 Å². The number of alkyl halides is 1. The number of rotatable bonds is 3. The summed E-state index contributed by atoms with van der Waals surface area (Å²) in [5.74, 6) is 0.376. The van der Waals surface area contributed by atoms with E-state index in [1.54, 1.807) is 25.3 Å². The molecule has 0 fully saturated rings. The summed E-state index contributed by atoms with van der Waals surface area (Å²) in [4.78, 5) is 0. The molecule has 1 atom stereocenters. The highest BCUT2D eigenvalue weighted by Gasteiger charge is 2.19. The van der Waals surface area contributed by atoms with Crippen LogP contribution in [0.5, 0.6) is 5.75 Å². The van der Waals surface area contributed by atoms with E-state index in [-0.39, 0.29) is 5.82 Å². The Bertz CT molecular complexity index is 584. The van der Waals surface area contributed by atoms with Crippen LogP contribution in [0, 0.1) is 5.82 Å². The van der Waals surface area contributed by atoms with Gasteiger partial charge in [-0.15, -0.1) is 11.6 Å². The van der Waals surface area contributed by atoms with Crippen LogP contribution in [-0.2, 0) is 0 Å². The van der Waals surface area contributed by atoms with Gasteiger partial charge in [0, 0.05) is 10.0 Å². The second kappa shape index (κ2) is 6.25. The van der Waals surface area contributed by atoms with Crippen molar-refractivity contribution in [2.45, 2.75) is 5.38 Å². The first-order chi connectivity index (χ1) is 9.04. The van der Waals surface area contributed by atoms with Gasteiger partial charge in [0.05, 0.1) is 17.0 Å². The molecule has 0 aliphatic rings. The van der Waals surface area contributed by atoms with Gasteiger partial charge in [-0.1, -0.05) is 28.1 Å². The molecule has 0 saturated heterocycles. The Hall–Kier alpha value is -0.580. The van der Waals surface area contributed by atoms with E-state index in [0.717, 1.165) is 10.0 Å². The minimum atomic E-state index is -0.571. The zero-order chi connectivity index (χ0) is 14.0. The maximum absolute atomic E-state index is 13.9. The molecule has 0 aliphatic heterocycles. The van der Waals surface area contributed by atoms with Crippen LogP contribution < -0.4 is 4.74 Å². The van der Waals surface area contributed by atoms with Crippen LogP contribution >= 0.6 is 43.5 Å². The van der Waals surface area contributed by atoms with Gasteiger partial charge in [-0.2, -0.15) is 0 Å². The number of hydrogen-bond acceptors (Lipinski definition) is 1. The Balaban J connectivity index is 2.44. The zero-order valence-corrected chi connectivity index (χ0v) is 13.9. The monoisotopic (exact) mass is 406 g/mol. The molecule has 5 heteroatoms. The number of hydrogen-bond donors (Lipinski definition) is 0. The first-order valence-corrected chi connectivity index (χ1v) is 7.48. The predicted molar refractivity (Wildman–Crippen MR) is 82.5 cm³/mol. The summed E-state index contributed by atoms with van der Waals surface area (Å²) >= 11 is 13.1. The van der Waals surface area contributed by atoms with Gasteiger partial charge in [0.15, 0.2) is 0 Å². The summed E-state index contributed by atoms with van der Waals surface area (Å²) in [5.41, 5.74) is 1.22. The summed E-state index contributed by atoms with van der Waals surface area (Å²) in [6.07, 6.45) is 0. The Kier molecular flexibility index (Phi) is 4.87.